The average Bonchev–Trinajstić information content (AvgIpc) is 3.30. The highest BCUT2D eigenvalue weighted by Crippen LogP contribution is 2.58. The Hall–Kier alpha value is -5.08. The standard InChI is InChI=1S/C39H30O2/c1-25-21-31(15-19-37(25)40)39(32-16-20-38(41)26(2)22-32)35-17-13-29(27-9-5-3-6-10-27)23-33(35)34-24-30(14-18-36(34)39)28-11-7-4-8-12-28/h3-24,40-41H,1-2H3. The van der Waals surface area contributed by atoms with Crippen molar-refractivity contribution in [3.63, 3.8) is 0 Å². The molecule has 0 spiro atoms. The molecule has 6 aromatic carbocycles. The molecule has 0 fully saturated rings. The summed E-state index contributed by atoms with van der Waals surface area (Å²) in [4.78, 5) is 0. The monoisotopic (exact) mass is 530 g/mol. The number of aromatic hydroxyl groups is 2. The molecule has 0 heterocycles. The number of fused-ring (bicyclic) bond motifs is 3. The van der Waals surface area contributed by atoms with Crippen LogP contribution in [0.4, 0.5) is 0 Å². The van der Waals surface area contributed by atoms with Crippen molar-refractivity contribution >= 4 is 0 Å². The SMILES string of the molecule is Cc1cc(C2(c3ccc(O)c(C)c3)c3ccc(-c4ccccc4)cc3-c3cc(-c4ccccc4)ccc32)ccc1O. The Morgan fingerprint density at radius 3 is 1.22 bits per heavy atom. The number of rotatable bonds is 4. The van der Waals surface area contributed by atoms with Gasteiger partial charge < -0.3 is 10.2 Å². The fourth-order valence-electron chi connectivity index (χ4n) is 6.52. The van der Waals surface area contributed by atoms with Gasteiger partial charge in [0.1, 0.15) is 11.5 Å². The van der Waals surface area contributed by atoms with Crippen LogP contribution in [0.15, 0.2) is 133 Å². The van der Waals surface area contributed by atoms with Crippen LogP contribution in [0.5, 0.6) is 11.5 Å². The van der Waals surface area contributed by atoms with Gasteiger partial charge in [-0.3, -0.25) is 0 Å². The maximum atomic E-state index is 10.5. The van der Waals surface area contributed by atoms with Crippen LogP contribution in [-0.4, -0.2) is 10.2 Å². The van der Waals surface area contributed by atoms with Gasteiger partial charge >= 0.3 is 0 Å². The van der Waals surface area contributed by atoms with Crippen molar-refractivity contribution in [3.8, 4) is 44.9 Å². The van der Waals surface area contributed by atoms with E-state index in [0.29, 0.717) is 0 Å². The average molecular weight is 531 g/mol. The molecule has 2 N–H and O–H groups in total. The molecule has 0 unspecified atom stereocenters. The highest BCUT2D eigenvalue weighted by Gasteiger charge is 2.46. The fourth-order valence-corrected chi connectivity index (χ4v) is 6.52. The lowest BCUT2D eigenvalue weighted by atomic mass is 9.67. The normalized spacial score (nSPS) is 13.0. The number of hydrogen-bond donors (Lipinski definition) is 2. The van der Waals surface area contributed by atoms with Gasteiger partial charge in [0.05, 0.1) is 5.41 Å². The Bertz CT molecular complexity index is 1780. The highest BCUT2D eigenvalue weighted by atomic mass is 16.3. The van der Waals surface area contributed by atoms with Crippen LogP contribution in [0.2, 0.25) is 0 Å². The molecule has 0 saturated heterocycles. The molecule has 7 rings (SSSR count). The van der Waals surface area contributed by atoms with Crippen molar-refractivity contribution in [3.05, 3.63) is 167 Å². The van der Waals surface area contributed by atoms with Crippen LogP contribution < -0.4 is 0 Å². The van der Waals surface area contributed by atoms with Gasteiger partial charge in [-0.25, -0.2) is 0 Å². The molecule has 0 atom stereocenters. The maximum Gasteiger partial charge on any atom is 0.118 e. The number of phenols is 2. The zero-order chi connectivity index (χ0) is 28.1. The molecule has 198 valence electrons. The van der Waals surface area contributed by atoms with Crippen molar-refractivity contribution in [2.24, 2.45) is 0 Å². The van der Waals surface area contributed by atoms with Gasteiger partial charge in [-0.15, -0.1) is 0 Å². The van der Waals surface area contributed by atoms with Crippen LogP contribution in [0.25, 0.3) is 33.4 Å². The van der Waals surface area contributed by atoms with E-state index in [1.165, 1.54) is 44.5 Å². The van der Waals surface area contributed by atoms with Crippen LogP contribution in [0.1, 0.15) is 33.4 Å². The van der Waals surface area contributed by atoms with E-state index in [-0.39, 0.29) is 11.5 Å². The number of benzene rings is 6. The number of phenolic OH excluding ortho intramolecular Hbond substituents is 2. The van der Waals surface area contributed by atoms with E-state index < -0.39 is 5.41 Å². The summed E-state index contributed by atoms with van der Waals surface area (Å²) >= 11 is 0. The molecule has 1 aliphatic rings. The fraction of sp³-hybridized carbons (Fsp3) is 0.0769. The maximum absolute atomic E-state index is 10.5. The minimum Gasteiger partial charge on any atom is -0.508 e. The Labute approximate surface area is 240 Å². The summed E-state index contributed by atoms with van der Waals surface area (Å²) in [5.41, 5.74) is 12.6. The van der Waals surface area contributed by atoms with E-state index in [2.05, 4.69) is 97.1 Å². The van der Waals surface area contributed by atoms with Gasteiger partial charge in [0, 0.05) is 0 Å². The predicted molar refractivity (Wildman–Crippen MR) is 167 cm³/mol. The molecule has 6 aromatic rings. The van der Waals surface area contributed by atoms with Gasteiger partial charge in [-0.2, -0.15) is 0 Å². The number of hydrogen-bond acceptors (Lipinski definition) is 2. The smallest absolute Gasteiger partial charge is 0.118 e. The molecule has 0 saturated carbocycles. The van der Waals surface area contributed by atoms with Crippen LogP contribution in [-0.2, 0) is 5.41 Å². The minimum atomic E-state index is -0.633. The third-order valence-electron chi connectivity index (χ3n) is 8.61. The third-order valence-corrected chi connectivity index (χ3v) is 8.61. The second kappa shape index (κ2) is 9.53. The quantitative estimate of drug-likeness (QED) is 0.238. The summed E-state index contributed by atoms with van der Waals surface area (Å²) in [7, 11) is 0. The van der Waals surface area contributed by atoms with E-state index in [9.17, 15) is 10.2 Å². The molecule has 0 aliphatic heterocycles. The van der Waals surface area contributed by atoms with Gasteiger partial charge in [-0.1, -0.05) is 109 Å². The van der Waals surface area contributed by atoms with Crippen molar-refractivity contribution in [2.75, 3.05) is 0 Å². The lowest BCUT2D eigenvalue weighted by molar-refractivity contribution is 0.470. The second-order valence-corrected chi connectivity index (χ2v) is 11.0. The molecular weight excluding hydrogens is 500 g/mol. The van der Waals surface area contributed by atoms with Gasteiger partial charge in [-0.05, 0) is 105 Å². The first-order valence-corrected chi connectivity index (χ1v) is 14.0. The van der Waals surface area contributed by atoms with E-state index >= 15 is 0 Å². The summed E-state index contributed by atoms with van der Waals surface area (Å²) in [6, 6.07) is 46.5. The first-order chi connectivity index (χ1) is 20.0. The number of aryl methyl sites for hydroxylation is 2. The summed E-state index contributed by atoms with van der Waals surface area (Å²) in [6.07, 6.45) is 0. The van der Waals surface area contributed by atoms with Crippen molar-refractivity contribution in [2.45, 2.75) is 19.3 Å². The summed E-state index contributed by atoms with van der Waals surface area (Å²) < 4.78 is 0. The first-order valence-electron chi connectivity index (χ1n) is 14.0. The zero-order valence-corrected chi connectivity index (χ0v) is 23.1. The van der Waals surface area contributed by atoms with Crippen LogP contribution in [0.3, 0.4) is 0 Å². The Balaban J connectivity index is 1.60. The topological polar surface area (TPSA) is 40.5 Å². The Morgan fingerprint density at radius 1 is 0.415 bits per heavy atom. The minimum absolute atomic E-state index is 0.281. The summed E-state index contributed by atoms with van der Waals surface area (Å²) in [5, 5.41) is 21.0. The molecule has 1 aliphatic carbocycles. The van der Waals surface area contributed by atoms with Gasteiger partial charge in [0.15, 0.2) is 0 Å². The van der Waals surface area contributed by atoms with Crippen LogP contribution >= 0.6 is 0 Å². The van der Waals surface area contributed by atoms with Crippen molar-refractivity contribution < 1.29 is 10.2 Å². The van der Waals surface area contributed by atoms with E-state index in [4.69, 9.17) is 0 Å². The van der Waals surface area contributed by atoms with Crippen LogP contribution in [0, 0.1) is 13.8 Å². The zero-order valence-electron chi connectivity index (χ0n) is 23.1. The van der Waals surface area contributed by atoms with Crippen molar-refractivity contribution in [1.82, 2.24) is 0 Å². The molecular formula is C39H30O2. The Morgan fingerprint density at radius 2 is 0.829 bits per heavy atom. The second-order valence-electron chi connectivity index (χ2n) is 11.0. The van der Waals surface area contributed by atoms with E-state index in [1.807, 2.05) is 38.1 Å². The van der Waals surface area contributed by atoms with Gasteiger partial charge in [0.2, 0.25) is 0 Å². The molecule has 0 bridgehead atoms. The third kappa shape index (κ3) is 3.87. The molecule has 2 nitrogen and oxygen atoms in total. The van der Waals surface area contributed by atoms with Crippen molar-refractivity contribution in [1.29, 1.82) is 0 Å². The molecule has 41 heavy (non-hydrogen) atoms. The summed E-state index contributed by atoms with van der Waals surface area (Å²) in [6.45, 7) is 3.89. The summed E-state index contributed by atoms with van der Waals surface area (Å²) in [5.74, 6) is 0.561. The molecule has 0 radical (unpaired) electrons. The molecule has 0 aromatic heterocycles. The Kier molecular flexibility index (Phi) is 5.80. The largest absolute Gasteiger partial charge is 0.508 e. The lowest BCUT2D eigenvalue weighted by Gasteiger charge is -2.34. The van der Waals surface area contributed by atoms with E-state index in [0.717, 1.165) is 22.3 Å². The van der Waals surface area contributed by atoms with E-state index in [1.54, 1.807) is 12.1 Å². The van der Waals surface area contributed by atoms with Gasteiger partial charge in [0.25, 0.3) is 0 Å². The molecule has 2 heteroatoms. The molecule has 0 amide bonds. The highest BCUT2D eigenvalue weighted by molar-refractivity contribution is 5.91. The predicted octanol–water partition coefficient (Wildman–Crippen LogP) is 9.41. The lowest BCUT2D eigenvalue weighted by Crippen LogP contribution is -2.28. The first kappa shape index (κ1) is 24.9.